The molecule has 5 atom stereocenters. The Morgan fingerprint density at radius 1 is 0.848 bits per heavy atom. The van der Waals surface area contributed by atoms with Gasteiger partial charge in [-0.05, 0) is 136 Å². The summed E-state index contributed by atoms with van der Waals surface area (Å²) in [5, 5.41) is 7.19. The van der Waals surface area contributed by atoms with Crippen LogP contribution in [0.3, 0.4) is 0 Å². The van der Waals surface area contributed by atoms with Gasteiger partial charge in [0.05, 0.1) is 21.8 Å². The lowest BCUT2D eigenvalue weighted by Gasteiger charge is -2.95. The molecular weight excluding hydrogens is 882 g/mol. The predicted octanol–water partition coefficient (Wildman–Crippen LogP) is 7.07. The van der Waals surface area contributed by atoms with Gasteiger partial charge in [0, 0.05) is 77.1 Å². The second-order valence-corrected chi connectivity index (χ2v) is 23.7. The molecule has 1 spiro atoms. The number of rotatable bonds is 15. The van der Waals surface area contributed by atoms with Gasteiger partial charge >= 0.3 is 0 Å². The molecule has 3 aromatic rings. The van der Waals surface area contributed by atoms with E-state index in [1.54, 1.807) is 29.2 Å². The highest BCUT2D eigenvalue weighted by atomic mass is 32.2. The molecule has 350 valence electrons. The molecule has 4 fully saturated rings. The third-order valence-corrected chi connectivity index (χ3v) is 18.6. The van der Waals surface area contributed by atoms with Crippen molar-refractivity contribution in [3.05, 3.63) is 107 Å². The van der Waals surface area contributed by atoms with Crippen LogP contribution in [-0.2, 0) is 53.7 Å². The van der Waals surface area contributed by atoms with Crippen LogP contribution >= 0.6 is 0 Å². The first-order chi connectivity index (χ1) is 31.1. The smallest absolute Gasteiger partial charge is 0.294 e. The van der Waals surface area contributed by atoms with E-state index in [9.17, 15) is 39.9 Å². The van der Waals surface area contributed by atoms with Gasteiger partial charge in [0.15, 0.2) is 5.71 Å². The molecule has 13 nitrogen and oxygen atoms in total. The number of carbonyl (C=O) groups excluding carboxylic acids is 2. The van der Waals surface area contributed by atoms with Gasteiger partial charge in [0.1, 0.15) is 12.4 Å². The van der Waals surface area contributed by atoms with Gasteiger partial charge in [-0.25, -0.2) is 4.39 Å². The van der Waals surface area contributed by atoms with Crippen molar-refractivity contribution in [1.82, 2.24) is 15.5 Å². The molecule has 0 bridgehead atoms. The summed E-state index contributed by atoms with van der Waals surface area (Å²) in [6, 6.07) is 14.1. The van der Waals surface area contributed by atoms with Crippen LogP contribution < -0.4 is 15.5 Å². The van der Waals surface area contributed by atoms with Crippen LogP contribution in [0.5, 0.6) is 0 Å². The minimum atomic E-state index is -4.45. The molecule has 3 aliphatic heterocycles. The number of nitrogens with zero attached hydrogens (tertiary/aromatic N) is 3. The van der Waals surface area contributed by atoms with Gasteiger partial charge in [0.2, 0.25) is 17.5 Å². The number of anilines is 1. The van der Waals surface area contributed by atoms with E-state index in [2.05, 4.69) is 20.1 Å². The van der Waals surface area contributed by atoms with E-state index in [1.165, 1.54) is 36.8 Å². The quantitative estimate of drug-likeness (QED) is 0.0701. The minimum Gasteiger partial charge on any atom is -0.350 e. The maximum Gasteiger partial charge on any atom is 0.294 e. The Hall–Kier alpha value is -4.74. The molecule has 10 rings (SSSR count). The molecule has 0 aromatic heterocycles. The average Bonchev–Trinajstić information content (AvgIpc) is 3.81. The Balaban J connectivity index is 0.786. The van der Waals surface area contributed by atoms with Crippen molar-refractivity contribution >= 4 is 49.1 Å². The number of hydrogen-bond acceptors (Lipinski definition) is 8. The maximum atomic E-state index is 13.8. The van der Waals surface area contributed by atoms with Crippen LogP contribution in [0, 0.1) is 23.1 Å². The zero-order valence-electron chi connectivity index (χ0n) is 38.2. The minimum absolute atomic E-state index is 0.0171. The van der Waals surface area contributed by atoms with Gasteiger partial charge in [0.25, 0.3) is 20.2 Å². The molecule has 5 unspecified atom stereocenters. The van der Waals surface area contributed by atoms with E-state index in [0.717, 1.165) is 77.1 Å². The lowest BCUT2D eigenvalue weighted by Crippen LogP contribution is -3.02. The number of nitrogens with one attached hydrogen (secondary N) is 2. The standard InChI is InChI=1S/C50H58FN5O8S2/c1-6-55-40-18-16-36(65(59,60)61)23-38(40)46(2,3)42(55)11-10-12-43-47(4,5)39-24-37(66(62,63)64)17-19-41(39)56(43)20-9-7-8-13-44(57)53-49-26-34-22-33-25-48(30-49,50(33,34)49)52-27-45(58)54-28-31-14-15-35(51)21-32(31)29-54/h10-12,14-19,21,23-24,33-34,52H,6-9,13,20,22,25-30H2,1-5H3,(H2-,53,57,59,60,61,62,63,64)/p+1. The molecule has 4 N–H and O–H groups in total. The van der Waals surface area contributed by atoms with Crippen LogP contribution in [0.4, 0.5) is 15.8 Å². The van der Waals surface area contributed by atoms with Crippen LogP contribution in [0.15, 0.2) is 88.3 Å². The van der Waals surface area contributed by atoms with Crippen molar-refractivity contribution in [3.8, 4) is 0 Å². The molecule has 16 heteroatoms. The monoisotopic (exact) mass is 940 g/mol. The van der Waals surface area contributed by atoms with Gasteiger partial charge < -0.3 is 20.4 Å². The number of unbranched alkanes of at least 4 members (excludes halogenated alkanes) is 2. The number of carbonyl (C=O) groups is 2. The maximum absolute atomic E-state index is 13.8. The van der Waals surface area contributed by atoms with Crippen LogP contribution in [0.25, 0.3) is 0 Å². The van der Waals surface area contributed by atoms with Gasteiger partial charge in [-0.2, -0.15) is 21.4 Å². The summed E-state index contributed by atoms with van der Waals surface area (Å²) in [6.45, 7) is 12.5. The highest BCUT2D eigenvalue weighted by molar-refractivity contribution is 7.86. The second-order valence-electron chi connectivity index (χ2n) is 20.9. The van der Waals surface area contributed by atoms with Crippen LogP contribution in [-0.4, -0.2) is 83.7 Å². The highest BCUT2D eigenvalue weighted by Crippen LogP contribution is 2.90. The highest BCUT2D eigenvalue weighted by Gasteiger charge is 2.94. The van der Waals surface area contributed by atoms with E-state index in [-0.39, 0.29) is 50.5 Å². The number of amides is 2. The fourth-order valence-electron chi connectivity index (χ4n) is 14.0. The van der Waals surface area contributed by atoms with Gasteiger partial charge in [-0.3, -0.25) is 18.7 Å². The first kappa shape index (κ1) is 45.1. The molecule has 3 heterocycles. The van der Waals surface area contributed by atoms with Crippen molar-refractivity contribution in [2.45, 2.75) is 131 Å². The SMILES string of the molecule is CC[N+]1=C(/C=C/C=C2/N(CCCCCC(=O)NC34CC5CC6CC(NCC(=O)N7Cc8ccc(F)cc8C7)(C3)C654)c3ccc(S(=O)(=O)O)cc3C2(C)C)C(C)(C)c2cc(S(=O)(=O)O)ccc21. The molecule has 4 aliphatic carbocycles. The van der Waals surface area contributed by atoms with Crippen molar-refractivity contribution in [2.75, 3.05) is 24.5 Å². The average molecular weight is 941 g/mol. The van der Waals surface area contributed by atoms with Crippen molar-refractivity contribution in [1.29, 1.82) is 0 Å². The number of halogens is 1. The van der Waals surface area contributed by atoms with E-state index in [1.807, 2.05) is 52.8 Å². The Kier molecular flexibility index (Phi) is 10.3. The normalized spacial score (nSPS) is 28.8. The largest absolute Gasteiger partial charge is 0.350 e. The lowest BCUT2D eigenvalue weighted by molar-refractivity contribution is -0.433. The molecule has 0 saturated heterocycles. The first-order valence-corrected chi connectivity index (χ1v) is 26.1. The third kappa shape index (κ3) is 6.55. The fourth-order valence-corrected chi connectivity index (χ4v) is 15.1. The van der Waals surface area contributed by atoms with Crippen LogP contribution in [0.2, 0.25) is 0 Å². The van der Waals surface area contributed by atoms with Crippen molar-refractivity contribution < 1.29 is 44.5 Å². The van der Waals surface area contributed by atoms with Gasteiger partial charge in [-0.15, -0.1) is 0 Å². The molecule has 2 amide bonds. The van der Waals surface area contributed by atoms with Crippen LogP contribution in [0.1, 0.15) is 108 Å². The summed E-state index contributed by atoms with van der Waals surface area (Å²) in [4.78, 5) is 30.6. The van der Waals surface area contributed by atoms with E-state index < -0.39 is 31.1 Å². The zero-order chi connectivity index (χ0) is 47.0. The molecular formula is C50H59FN5O8S2+. The summed E-state index contributed by atoms with van der Waals surface area (Å²) < 4.78 is 84.3. The Morgan fingerprint density at radius 2 is 1.53 bits per heavy atom. The molecule has 3 aromatic carbocycles. The molecule has 4 saturated carbocycles. The lowest BCUT2D eigenvalue weighted by atomic mass is 9.13. The van der Waals surface area contributed by atoms with E-state index in [4.69, 9.17) is 0 Å². The summed E-state index contributed by atoms with van der Waals surface area (Å²) in [7, 11) is -8.84. The fraction of sp³-hybridized carbons (Fsp3) is 0.500. The van der Waals surface area contributed by atoms with Crippen molar-refractivity contribution in [3.63, 3.8) is 0 Å². The predicted molar refractivity (Wildman–Crippen MR) is 247 cm³/mol. The van der Waals surface area contributed by atoms with Crippen molar-refractivity contribution in [2.24, 2.45) is 17.3 Å². The first-order valence-electron chi connectivity index (χ1n) is 23.2. The summed E-state index contributed by atoms with van der Waals surface area (Å²) in [5.74, 6) is 0.925. The summed E-state index contributed by atoms with van der Waals surface area (Å²) in [6.07, 6.45) is 12.7. The Labute approximate surface area is 386 Å². The Morgan fingerprint density at radius 3 is 2.23 bits per heavy atom. The third-order valence-electron chi connectivity index (χ3n) is 16.9. The molecule has 7 aliphatic rings. The topological polar surface area (TPSA) is 176 Å². The summed E-state index contributed by atoms with van der Waals surface area (Å²) in [5.41, 5.74) is 5.46. The molecule has 0 radical (unpaired) electrons. The van der Waals surface area contributed by atoms with E-state index in [0.29, 0.717) is 50.9 Å². The number of benzene rings is 3. The second kappa shape index (κ2) is 15.1. The Bertz CT molecular complexity index is 2940. The zero-order valence-corrected chi connectivity index (χ0v) is 39.8. The number of fused-ring (bicyclic) bond motifs is 3. The van der Waals surface area contributed by atoms with Gasteiger partial charge in [-0.1, -0.05) is 32.4 Å². The number of allylic oxidation sites excluding steroid dienone is 4. The molecule has 66 heavy (non-hydrogen) atoms. The summed E-state index contributed by atoms with van der Waals surface area (Å²) >= 11 is 0. The van der Waals surface area contributed by atoms with E-state index >= 15 is 0 Å². The number of hydrogen-bond donors (Lipinski definition) is 4.